The second-order valence-corrected chi connectivity index (χ2v) is 4.39. The summed E-state index contributed by atoms with van der Waals surface area (Å²) in [5.41, 5.74) is 2.98. The summed E-state index contributed by atoms with van der Waals surface area (Å²) in [6.07, 6.45) is 0. The number of hydrogen-bond donors (Lipinski definition) is 1. The highest BCUT2D eigenvalue weighted by atomic mass is 79.9. The Morgan fingerprint density at radius 2 is 1.81 bits per heavy atom. The van der Waals surface area contributed by atoms with Gasteiger partial charge in [0.25, 0.3) is 0 Å². The van der Waals surface area contributed by atoms with Crippen LogP contribution in [0.1, 0.15) is 5.69 Å². The molecule has 0 amide bonds. The summed E-state index contributed by atoms with van der Waals surface area (Å²) < 4.78 is 1.07. The molecule has 4 heteroatoms. The number of halogens is 1. The molecule has 0 saturated heterocycles. The maximum Gasteiger partial charge on any atom is 0.223 e. The van der Waals surface area contributed by atoms with Gasteiger partial charge in [-0.15, -0.1) is 0 Å². The van der Waals surface area contributed by atoms with Crippen LogP contribution in [0, 0.1) is 6.92 Å². The molecule has 0 bridgehead atoms. The van der Waals surface area contributed by atoms with E-state index in [1.807, 2.05) is 44.3 Å². The Hall–Kier alpha value is -1.42. The van der Waals surface area contributed by atoms with Crippen molar-refractivity contribution in [1.82, 2.24) is 9.97 Å². The largest absolute Gasteiger partial charge is 0.357 e. The summed E-state index contributed by atoms with van der Waals surface area (Å²) >= 11 is 3.42. The van der Waals surface area contributed by atoms with Crippen LogP contribution in [-0.4, -0.2) is 17.0 Å². The smallest absolute Gasteiger partial charge is 0.223 e. The lowest BCUT2D eigenvalue weighted by atomic mass is 10.1. The monoisotopic (exact) mass is 277 g/mol. The van der Waals surface area contributed by atoms with Crippen molar-refractivity contribution in [3.8, 4) is 11.3 Å². The number of nitrogens with zero attached hydrogens (tertiary/aromatic N) is 2. The Labute approximate surface area is 103 Å². The molecule has 0 aliphatic rings. The average molecular weight is 278 g/mol. The third-order valence-electron chi connectivity index (χ3n) is 2.22. The van der Waals surface area contributed by atoms with Crippen LogP contribution in [0.15, 0.2) is 34.8 Å². The molecule has 0 aliphatic carbocycles. The molecule has 1 heterocycles. The van der Waals surface area contributed by atoms with E-state index in [1.54, 1.807) is 0 Å². The first-order valence-electron chi connectivity index (χ1n) is 4.98. The van der Waals surface area contributed by atoms with Gasteiger partial charge in [-0.3, -0.25) is 0 Å². The van der Waals surface area contributed by atoms with Crippen molar-refractivity contribution in [3.05, 3.63) is 40.5 Å². The summed E-state index contributed by atoms with van der Waals surface area (Å²) in [6.45, 7) is 1.96. The number of anilines is 1. The predicted octanol–water partition coefficient (Wildman–Crippen LogP) is 3.26. The first-order chi connectivity index (χ1) is 7.69. The minimum atomic E-state index is 0.651. The van der Waals surface area contributed by atoms with Crippen LogP contribution in [0.2, 0.25) is 0 Å². The molecule has 0 atom stereocenters. The van der Waals surface area contributed by atoms with E-state index < -0.39 is 0 Å². The van der Waals surface area contributed by atoms with Gasteiger partial charge in [0.05, 0.1) is 5.69 Å². The lowest BCUT2D eigenvalue weighted by Crippen LogP contribution is -1.99. The zero-order valence-electron chi connectivity index (χ0n) is 9.16. The minimum Gasteiger partial charge on any atom is -0.357 e. The molecule has 2 rings (SSSR count). The average Bonchev–Trinajstić information content (AvgIpc) is 2.29. The number of aryl methyl sites for hydroxylation is 1. The van der Waals surface area contributed by atoms with Gasteiger partial charge in [0.1, 0.15) is 0 Å². The van der Waals surface area contributed by atoms with Crippen molar-refractivity contribution in [2.45, 2.75) is 6.92 Å². The normalized spacial score (nSPS) is 10.2. The second-order valence-electron chi connectivity index (χ2n) is 3.48. The van der Waals surface area contributed by atoms with Crippen LogP contribution in [0.4, 0.5) is 5.95 Å². The molecule has 82 valence electrons. The molecule has 2 aromatic rings. The van der Waals surface area contributed by atoms with Gasteiger partial charge in [-0.25, -0.2) is 9.97 Å². The van der Waals surface area contributed by atoms with E-state index in [1.165, 1.54) is 0 Å². The number of hydrogen-bond acceptors (Lipinski definition) is 3. The van der Waals surface area contributed by atoms with E-state index in [9.17, 15) is 0 Å². The van der Waals surface area contributed by atoms with Gasteiger partial charge in [-0.05, 0) is 25.1 Å². The summed E-state index contributed by atoms with van der Waals surface area (Å²) in [6, 6.07) is 10.1. The second kappa shape index (κ2) is 4.61. The minimum absolute atomic E-state index is 0.651. The molecular weight excluding hydrogens is 266 g/mol. The fourth-order valence-electron chi connectivity index (χ4n) is 1.45. The summed E-state index contributed by atoms with van der Waals surface area (Å²) in [5.74, 6) is 0.651. The van der Waals surface area contributed by atoms with Gasteiger partial charge in [-0.2, -0.15) is 0 Å². The zero-order chi connectivity index (χ0) is 11.5. The van der Waals surface area contributed by atoms with Crippen LogP contribution in [0.25, 0.3) is 11.3 Å². The first kappa shape index (κ1) is 11.1. The Kier molecular flexibility index (Phi) is 3.19. The highest BCUT2D eigenvalue weighted by Gasteiger charge is 2.03. The van der Waals surface area contributed by atoms with Crippen LogP contribution >= 0.6 is 15.9 Å². The van der Waals surface area contributed by atoms with E-state index in [4.69, 9.17) is 0 Å². The fourth-order valence-corrected chi connectivity index (χ4v) is 1.71. The Morgan fingerprint density at radius 3 is 2.44 bits per heavy atom. The summed E-state index contributed by atoms with van der Waals surface area (Å²) in [4.78, 5) is 8.68. The molecule has 16 heavy (non-hydrogen) atoms. The molecular formula is C12H12BrN3. The number of rotatable bonds is 2. The number of benzene rings is 1. The van der Waals surface area contributed by atoms with Crippen LogP contribution < -0.4 is 5.32 Å². The summed E-state index contributed by atoms with van der Waals surface area (Å²) in [7, 11) is 1.82. The molecule has 1 N–H and O–H groups in total. The van der Waals surface area contributed by atoms with Crippen molar-refractivity contribution in [3.63, 3.8) is 0 Å². The molecule has 0 spiro atoms. The Balaban J connectivity index is 2.47. The van der Waals surface area contributed by atoms with E-state index in [0.29, 0.717) is 5.95 Å². The van der Waals surface area contributed by atoms with Crippen LogP contribution in [0.5, 0.6) is 0 Å². The highest BCUT2D eigenvalue weighted by Crippen LogP contribution is 2.21. The quantitative estimate of drug-likeness (QED) is 0.916. The van der Waals surface area contributed by atoms with E-state index in [-0.39, 0.29) is 0 Å². The standard InChI is InChI=1S/C12H12BrN3/c1-8-7-11(16-12(14-2)15-8)9-3-5-10(13)6-4-9/h3-7H,1-2H3,(H,14,15,16). The van der Waals surface area contributed by atoms with Crippen LogP contribution in [0.3, 0.4) is 0 Å². The highest BCUT2D eigenvalue weighted by molar-refractivity contribution is 9.10. The van der Waals surface area contributed by atoms with E-state index in [2.05, 4.69) is 31.2 Å². The predicted molar refractivity (Wildman–Crippen MR) is 69.5 cm³/mol. The third-order valence-corrected chi connectivity index (χ3v) is 2.75. The Bertz CT molecular complexity index is 494. The molecule has 1 aromatic heterocycles. The maximum absolute atomic E-state index is 4.41. The molecule has 0 radical (unpaired) electrons. The SMILES string of the molecule is CNc1nc(C)cc(-c2ccc(Br)cc2)n1. The molecule has 0 saturated carbocycles. The first-order valence-corrected chi connectivity index (χ1v) is 5.78. The lowest BCUT2D eigenvalue weighted by Gasteiger charge is -2.05. The van der Waals surface area contributed by atoms with Gasteiger partial charge in [-0.1, -0.05) is 28.1 Å². The van der Waals surface area contributed by atoms with Gasteiger partial charge in [0.2, 0.25) is 5.95 Å². The van der Waals surface area contributed by atoms with E-state index in [0.717, 1.165) is 21.4 Å². The van der Waals surface area contributed by atoms with Crippen LogP contribution in [-0.2, 0) is 0 Å². The molecule has 3 nitrogen and oxygen atoms in total. The number of aromatic nitrogens is 2. The fraction of sp³-hybridized carbons (Fsp3) is 0.167. The maximum atomic E-state index is 4.41. The summed E-state index contributed by atoms with van der Waals surface area (Å²) in [5, 5.41) is 2.96. The van der Waals surface area contributed by atoms with Crippen molar-refractivity contribution in [2.24, 2.45) is 0 Å². The van der Waals surface area contributed by atoms with Crippen molar-refractivity contribution >= 4 is 21.9 Å². The van der Waals surface area contributed by atoms with E-state index >= 15 is 0 Å². The van der Waals surface area contributed by atoms with Gasteiger partial charge in [0.15, 0.2) is 0 Å². The van der Waals surface area contributed by atoms with Crippen molar-refractivity contribution in [1.29, 1.82) is 0 Å². The zero-order valence-corrected chi connectivity index (χ0v) is 10.7. The Morgan fingerprint density at radius 1 is 1.12 bits per heavy atom. The molecule has 0 fully saturated rings. The van der Waals surface area contributed by atoms with Gasteiger partial charge >= 0.3 is 0 Å². The number of nitrogens with one attached hydrogen (secondary N) is 1. The van der Waals surface area contributed by atoms with Gasteiger partial charge in [0, 0.05) is 22.8 Å². The molecule has 0 aliphatic heterocycles. The van der Waals surface area contributed by atoms with Gasteiger partial charge < -0.3 is 5.32 Å². The molecule has 1 aromatic carbocycles. The third kappa shape index (κ3) is 2.39. The molecule has 0 unspecified atom stereocenters. The topological polar surface area (TPSA) is 37.8 Å². The van der Waals surface area contributed by atoms with Crippen molar-refractivity contribution < 1.29 is 0 Å². The van der Waals surface area contributed by atoms with Crippen molar-refractivity contribution in [2.75, 3.05) is 12.4 Å². The lowest BCUT2D eigenvalue weighted by molar-refractivity contribution is 1.10.